The molecule has 0 unspecified atom stereocenters. The lowest BCUT2D eigenvalue weighted by atomic mass is 10.0. The molecule has 1 N–H and O–H groups in total. The summed E-state index contributed by atoms with van der Waals surface area (Å²) in [7, 11) is 1.31. The topological polar surface area (TPSA) is 73.9 Å². The first-order chi connectivity index (χ1) is 14.9. The van der Waals surface area contributed by atoms with Crippen molar-refractivity contribution in [2.24, 2.45) is 0 Å². The normalized spacial score (nSPS) is 10.5. The fourth-order valence-electron chi connectivity index (χ4n) is 2.95. The fraction of sp³-hybridized carbons (Fsp3) is 0.217. The third-order valence-corrected chi connectivity index (χ3v) is 5.54. The summed E-state index contributed by atoms with van der Waals surface area (Å²) < 4.78 is 16.0. The highest BCUT2D eigenvalue weighted by Crippen LogP contribution is 2.36. The summed E-state index contributed by atoms with van der Waals surface area (Å²) in [6, 6.07) is 12.5. The highest BCUT2D eigenvalue weighted by molar-refractivity contribution is 7.15. The minimum Gasteiger partial charge on any atom is -0.494 e. The van der Waals surface area contributed by atoms with Crippen molar-refractivity contribution in [3.8, 4) is 22.6 Å². The van der Waals surface area contributed by atoms with Gasteiger partial charge in [-0.15, -0.1) is 11.3 Å². The number of ether oxygens (including phenoxy) is 3. The molecule has 0 aliphatic heterocycles. The molecule has 162 valence electrons. The zero-order chi connectivity index (χ0) is 22.4. The number of anilines is 1. The number of carbonyl (C=O) groups excluding carboxylic acids is 2. The Morgan fingerprint density at radius 1 is 1.10 bits per heavy atom. The van der Waals surface area contributed by atoms with E-state index in [4.69, 9.17) is 25.8 Å². The SMILES string of the molecule is CCOc1ccc(-c2csc(NC(=O)COc3ccc(Cl)cc3C)c2C(=O)OC)cc1. The molecule has 2 aromatic carbocycles. The molecule has 1 aromatic heterocycles. The van der Waals surface area contributed by atoms with Crippen molar-refractivity contribution in [1.82, 2.24) is 0 Å². The van der Waals surface area contributed by atoms with Crippen molar-refractivity contribution in [2.75, 3.05) is 25.6 Å². The summed E-state index contributed by atoms with van der Waals surface area (Å²) in [4.78, 5) is 24.9. The molecular weight excluding hydrogens is 438 g/mol. The van der Waals surface area contributed by atoms with Gasteiger partial charge in [-0.05, 0) is 55.3 Å². The van der Waals surface area contributed by atoms with Gasteiger partial charge in [0.05, 0.1) is 13.7 Å². The Bertz CT molecular complexity index is 1080. The van der Waals surface area contributed by atoms with E-state index in [1.165, 1.54) is 18.4 Å². The minimum atomic E-state index is -0.533. The molecule has 0 fully saturated rings. The van der Waals surface area contributed by atoms with Crippen molar-refractivity contribution in [1.29, 1.82) is 0 Å². The van der Waals surface area contributed by atoms with Crippen LogP contribution in [0.2, 0.25) is 5.02 Å². The zero-order valence-corrected chi connectivity index (χ0v) is 18.9. The van der Waals surface area contributed by atoms with Crippen LogP contribution in [0.5, 0.6) is 11.5 Å². The predicted octanol–water partition coefficient (Wildman–Crippen LogP) is 5.58. The lowest BCUT2D eigenvalue weighted by molar-refractivity contribution is -0.118. The molecule has 0 bridgehead atoms. The van der Waals surface area contributed by atoms with Crippen LogP contribution in [0.3, 0.4) is 0 Å². The molecule has 0 saturated heterocycles. The van der Waals surface area contributed by atoms with E-state index >= 15 is 0 Å². The van der Waals surface area contributed by atoms with Crippen LogP contribution in [-0.4, -0.2) is 32.2 Å². The number of nitrogens with one attached hydrogen (secondary N) is 1. The third-order valence-electron chi connectivity index (χ3n) is 4.41. The van der Waals surface area contributed by atoms with E-state index in [0.717, 1.165) is 16.9 Å². The number of hydrogen-bond acceptors (Lipinski definition) is 6. The number of esters is 1. The maximum absolute atomic E-state index is 12.5. The van der Waals surface area contributed by atoms with Crippen molar-refractivity contribution in [2.45, 2.75) is 13.8 Å². The second kappa shape index (κ2) is 10.3. The maximum Gasteiger partial charge on any atom is 0.341 e. The van der Waals surface area contributed by atoms with Gasteiger partial charge >= 0.3 is 5.97 Å². The number of rotatable bonds is 8. The summed E-state index contributed by atoms with van der Waals surface area (Å²) in [6.07, 6.45) is 0. The summed E-state index contributed by atoms with van der Waals surface area (Å²) in [5.74, 6) is 0.382. The maximum atomic E-state index is 12.5. The van der Waals surface area contributed by atoms with Gasteiger partial charge in [0.15, 0.2) is 6.61 Å². The van der Waals surface area contributed by atoms with Gasteiger partial charge in [-0.25, -0.2) is 4.79 Å². The Labute approximate surface area is 189 Å². The molecule has 0 radical (unpaired) electrons. The fourth-order valence-corrected chi connectivity index (χ4v) is 4.15. The molecule has 31 heavy (non-hydrogen) atoms. The average Bonchev–Trinajstić information content (AvgIpc) is 3.16. The predicted molar refractivity (Wildman–Crippen MR) is 123 cm³/mol. The van der Waals surface area contributed by atoms with Crippen LogP contribution >= 0.6 is 22.9 Å². The highest BCUT2D eigenvalue weighted by atomic mass is 35.5. The minimum absolute atomic E-state index is 0.209. The van der Waals surface area contributed by atoms with Crippen molar-refractivity contribution < 1.29 is 23.8 Å². The van der Waals surface area contributed by atoms with Gasteiger partial charge in [0.2, 0.25) is 0 Å². The highest BCUT2D eigenvalue weighted by Gasteiger charge is 2.22. The number of benzene rings is 2. The largest absolute Gasteiger partial charge is 0.494 e. The molecule has 0 aliphatic rings. The Kier molecular flexibility index (Phi) is 7.55. The molecule has 0 aliphatic carbocycles. The third kappa shape index (κ3) is 5.57. The van der Waals surface area contributed by atoms with Crippen LogP contribution in [-0.2, 0) is 9.53 Å². The summed E-state index contributed by atoms with van der Waals surface area (Å²) >= 11 is 7.19. The quantitative estimate of drug-likeness (QED) is 0.445. The van der Waals surface area contributed by atoms with Gasteiger partial charge in [0.1, 0.15) is 22.1 Å². The van der Waals surface area contributed by atoms with E-state index in [-0.39, 0.29) is 12.5 Å². The molecule has 0 saturated carbocycles. The van der Waals surface area contributed by atoms with Crippen LogP contribution in [0.4, 0.5) is 5.00 Å². The zero-order valence-electron chi connectivity index (χ0n) is 17.4. The number of hydrogen-bond donors (Lipinski definition) is 1. The Morgan fingerprint density at radius 2 is 1.84 bits per heavy atom. The standard InChI is InChI=1S/C23H22ClNO5S/c1-4-29-17-8-5-15(6-9-17)18-13-31-22(21(18)23(27)28-3)25-20(26)12-30-19-10-7-16(24)11-14(19)2/h5-11,13H,4,12H2,1-3H3,(H,25,26). The molecule has 1 heterocycles. The summed E-state index contributed by atoms with van der Waals surface area (Å²) in [5, 5.41) is 5.55. The van der Waals surface area contributed by atoms with E-state index in [1.807, 2.05) is 43.5 Å². The number of methoxy groups -OCH3 is 1. The van der Waals surface area contributed by atoms with Gasteiger partial charge in [-0.3, -0.25) is 4.79 Å². The Balaban J connectivity index is 1.77. The van der Waals surface area contributed by atoms with E-state index in [2.05, 4.69) is 5.32 Å². The summed E-state index contributed by atoms with van der Waals surface area (Å²) in [5.41, 5.74) is 2.61. The van der Waals surface area contributed by atoms with Gasteiger partial charge in [-0.2, -0.15) is 0 Å². The molecule has 3 rings (SSSR count). The molecule has 3 aromatic rings. The van der Waals surface area contributed by atoms with Crippen molar-refractivity contribution in [3.63, 3.8) is 0 Å². The molecule has 0 spiro atoms. The van der Waals surface area contributed by atoms with Crippen LogP contribution in [0.25, 0.3) is 11.1 Å². The first kappa shape index (κ1) is 22.7. The summed E-state index contributed by atoms with van der Waals surface area (Å²) in [6.45, 7) is 4.12. The van der Waals surface area contributed by atoms with Crippen LogP contribution in [0.1, 0.15) is 22.8 Å². The van der Waals surface area contributed by atoms with Gasteiger partial charge in [0, 0.05) is 16.0 Å². The van der Waals surface area contributed by atoms with Gasteiger partial charge in [-0.1, -0.05) is 23.7 Å². The number of aryl methyl sites for hydroxylation is 1. The van der Waals surface area contributed by atoms with Crippen LogP contribution < -0.4 is 14.8 Å². The van der Waals surface area contributed by atoms with Crippen LogP contribution in [0, 0.1) is 6.92 Å². The van der Waals surface area contributed by atoms with Crippen molar-refractivity contribution in [3.05, 3.63) is 64.0 Å². The number of carbonyl (C=O) groups is 2. The lowest BCUT2D eigenvalue weighted by Crippen LogP contribution is -2.21. The Morgan fingerprint density at radius 3 is 2.48 bits per heavy atom. The van der Waals surface area contributed by atoms with E-state index in [1.54, 1.807) is 18.2 Å². The van der Waals surface area contributed by atoms with Crippen molar-refractivity contribution >= 4 is 39.8 Å². The first-order valence-electron chi connectivity index (χ1n) is 9.54. The van der Waals surface area contributed by atoms with Gasteiger partial charge < -0.3 is 19.5 Å². The lowest BCUT2D eigenvalue weighted by Gasteiger charge is -2.11. The van der Waals surface area contributed by atoms with E-state index < -0.39 is 5.97 Å². The average molecular weight is 460 g/mol. The van der Waals surface area contributed by atoms with E-state index in [0.29, 0.717) is 33.5 Å². The molecule has 1 amide bonds. The monoisotopic (exact) mass is 459 g/mol. The molecule has 8 heteroatoms. The Hall–Kier alpha value is -3.03. The molecular formula is C23H22ClNO5S. The molecule has 6 nitrogen and oxygen atoms in total. The second-order valence-corrected chi connectivity index (χ2v) is 7.87. The van der Waals surface area contributed by atoms with E-state index in [9.17, 15) is 9.59 Å². The molecule has 0 atom stereocenters. The van der Waals surface area contributed by atoms with Crippen LogP contribution in [0.15, 0.2) is 47.8 Å². The number of halogens is 1. The second-order valence-electron chi connectivity index (χ2n) is 6.55. The number of thiophene rings is 1. The first-order valence-corrected chi connectivity index (χ1v) is 10.8. The number of amides is 1. The van der Waals surface area contributed by atoms with Gasteiger partial charge in [0.25, 0.3) is 5.91 Å². The smallest absolute Gasteiger partial charge is 0.341 e.